The monoisotopic (exact) mass is 321 g/mol. The van der Waals surface area contributed by atoms with Crippen LogP contribution in [0.3, 0.4) is 0 Å². The van der Waals surface area contributed by atoms with E-state index in [-0.39, 0.29) is 12.5 Å². The number of fused-ring (bicyclic) bond motifs is 3. The number of aromatic nitrogens is 2. The van der Waals surface area contributed by atoms with Gasteiger partial charge in [0.25, 0.3) is 5.88 Å². The number of nitrogens with zero attached hydrogens (tertiary/aromatic N) is 3. The summed E-state index contributed by atoms with van der Waals surface area (Å²) in [6, 6.07) is 13.3. The fourth-order valence-electron chi connectivity index (χ4n) is 2.72. The van der Waals surface area contributed by atoms with Crippen LogP contribution in [0.2, 0.25) is 0 Å². The van der Waals surface area contributed by atoms with Crippen molar-refractivity contribution < 1.29 is 14.3 Å². The largest absolute Gasteiger partial charge is 0.468 e. The highest BCUT2D eigenvalue weighted by Crippen LogP contribution is 2.45. The molecule has 0 fully saturated rings. The first-order chi connectivity index (χ1) is 11.7. The molecule has 0 bridgehead atoms. The fraction of sp³-hybridized carbons (Fsp3) is 0.167. The normalized spacial score (nSPS) is 12.3. The van der Waals surface area contributed by atoms with Crippen molar-refractivity contribution in [3.05, 3.63) is 48.0 Å². The number of esters is 1. The van der Waals surface area contributed by atoms with E-state index in [4.69, 9.17) is 9.47 Å². The van der Waals surface area contributed by atoms with Gasteiger partial charge in [-0.05, 0) is 36.8 Å². The van der Waals surface area contributed by atoms with Gasteiger partial charge in [-0.3, -0.25) is 4.79 Å². The third-order valence-corrected chi connectivity index (χ3v) is 3.90. The van der Waals surface area contributed by atoms with Crippen LogP contribution >= 0.6 is 0 Å². The number of carbonyl (C=O) groups is 1. The lowest BCUT2D eigenvalue weighted by molar-refractivity contribution is -0.138. The summed E-state index contributed by atoms with van der Waals surface area (Å²) in [6.07, 6.45) is 0. The van der Waals surface area contributed by atoms with E-state index in [0.29, 0.717) is 17.4 Å². The number of anilines is 2. The number of benzene rings is 2. The zero-order valence-electron chi connectivity index (χ0n) is 13.3. The number of methoxy groups -OCH3 is 1. The summed E-state index contributed by atoms with van der Waals surface area (Å²) in [7, 11) is 1.37. The van der Waals surface area contributed by atoms with Gasteiger partial charge in [0.1, 0.15) is 6.54 Å². The van der Waals surface area contributed by atoms with Gasteiger partial charge in [-0.1, -0.05) is 18.2 Å². The second-order valence-electron chi connectivity index (χ2n) is 5.58. The molecule has 0 spiro atoms. The summed E-state index contributed by atoms with van der Waals surface area (Å²) in [5.41, 5.74) is 3.32. The predicted molar refractivity (Wildman–Crippen MR) is 89.8 cm³/mol. The highest BCUT2D eigenvalue weighted by Gasteiger charge is 2.29. The van der Waals surface area contributed by atoms with E-state index >= 15 is 0 Å². The zero-order chi connectivity index (χ0) is 16.7. The van der Waals surface area contributed by atoms with Gasteiger partial charge in [-0.15, -0.1) is 0 Å². The molecule has 0 radical (unpaired) electrons. The highest BCUT2D eigenvalue weighted by molar-refractivity contribution is 5.86. The molecule has 0 unspecified atom stereocenters. The molecule has 6 nitrogen and oxygen atoms in total. The van der Waals surface area contributed by atoms with Crippen LogP contribution in [-0.2, 0) is 9.53 Å². The number of carbonyl (C=O) groups excluding carboxylic acids is 1. The molecule has 0 aliphatic carbocycles. The van der Waals surface area contributed by atoms with Crippen molar-refractivity contribution in [3.63, 3.8) is 0 Å². The van der Waals surface area contributed by atoms with Crippen molar-refractivity contribution in [2.45, 2.75) is 6.92 Å². The van der Waals surface area contributed by atoms with Crippen molar-refractivity contribution in [1.82, 2.24) is 9.97 Å². The van der Waals surface area contributed by atoms with Gasteiger partial charge >= 0.3 is 5.97 Å². The Kier molecular flexibility index (Phi) is 3.30. The summed E-state index contributed by atoms with van der Waals surface area (Å²) in [4.78, 5) is 22.9. The van der Waals surface area contributed by atoms with E-state index in [9.17, 15) is 4.79 Å². The van der Waals surface area contributed by atoms with Crippen molar-refractivity contribution in [3.8, 4) is 11.6 Å². The van der Waals surface area contributed by atoms with Gasteiger partial charge in [0.2, 0.25) is 0 Å². The first-order valence-electron chi connectivity index (χ1n) is 7.55. The molecule has 6 heteroatoms. The zero-order valence-corrected chi connectivity index (χ0v) is 13.3. The molecule has 120 valence electrons. The minimum absolute atomic E-state index is 0.0380. The lowest BCUT2D eigenvalue weighted by Gasteiger charge is -2.30. The number of aryl methyl sites for hydroxylation is 1. The molecule has 0 atom stereocenters. The van der Waals surface area contributed by atoms with E-state index < -0.39 is 0 Å². The lowest BCUT2D eigenvalue weighted by atomic mass is 10.1. The van der Waals surface area contributed by atoms with Crippen molar-refractivity contribution in [1.29, 1.82) is 0 Å². The number of hydrogen-bond donors (Lipinski definition) is 0. The Bertz CT molecular complexity index is 955. The smallest absolute Gasteiger partial charge is 0.325 e. The molecule has 2 aromatic carbocycles. The summed E-state index contributed by atoms with van der Waals surface area (Å²) in [5.74, 6) is 1.18. The van der Waals surface area contributed by atoms with Gasteiger partial charge in [-0.2, -0.15) is 0 Å². The molecular formula is C18H15N3O3. The Balaban J connectivity index is 1.92. The fourth-order valence-corrected chi connectivity index (χ4v) is 2.72. The van der Waals surface area contributed by atoms with Crippen LogP contribution in [0.4, 0.5) is 11.5 Å². The third kappa shape index (κ3) is 2.32. The maximum atomic E-state index is 11.9. The van der Waals surface area contributed by atoms with E-state index in [0.717, 1.165) is 22.3 Å². The van der Waals surface area contributed by atoms with E-state index in [1.165, 1.54) is 7.11 Å². The van der Waals surface area contributed by atoms with E-state index in [1.54, 1.807) is 4.90 Å². The van der Waals surface area contributed by atoms with Gasteiger partial charge in [0.05, 0.1) is 23.8 Å². The standard InChI is InChI=1S/C18H15N3O3/c1-11-7-8-15-14(9-11)21(10-16(22)23-2)17-18(24-15)20-13-6-4-3-5-12(13)19-17/h3-9H,10H2,1-2H3. The van der Waals surface area contributed by atoms with Gasteiger partial charge in [0, 0.05) is 0 Å². The van der Waals surface area contributed by atoms with Crippen LogP contribution in [0.5, 0.6) is 11.6 Å². The third-order valence-electron chi connectivity index (χ3n) is 3.90. The molecule has 0 saturated carbocycles. The summed E-state index contributed by atoms with van der Waals surface area (Å²) in [5, 5.41) is 0. The minimum Gasteiger partial charge on any atom is -0.468 e. The molecule has 3 aromatic rings. The van der Waals surface area contributed by atoms with Crippen LogP contribution in [0, 0.1) is 6.92 Å². The van der Waals surface area contributed by atoms with Crippen LogP contribution in [0.15, 0.2) is 42.5 Å². The molecule has 24 heavy (non-hydrogen) atoms. The SMILES string of the molecule is COC(=O)CN1c2cc(C)ccc2Oc2nc3ccccc3nc21. The maximum absolute atomic E-state index is 11.9. The number of rotatable bonds is 2. The number of ether oxygens (including phenoxy) is 2. The molecule has 1 aliphatic heterocycles. The van der Waals surface area contributed by atoms with Crippen LogP contribution in [0.25, 0.3) is 11.0 Å². The quantitative estimate of drug-likeness (QED) is 0.674. The lowest BCUT2D eigenvalue weighted by Crippen LogP contribution is -2.29. The van der Waals surface area contributed by atoms with Crippen LogP contribution in [0.1, 0.15) is 5.56 Å². The van der Waals surface area contributed by atoms with Gasteiger partial charge in [0.15, 0.2) is 11.6 Å². The summed E-state index contributed by atoms with van der Waals surface area (Å²) < 4.78 is 10.7. The average Bonchev–Trinajstić information content (AvgIpc) is 2.60. The average molecular weight is 321 g/mol. The Hall–Kier alpha value is -3.15. The Morgan fingerprint density at radius 3 is 2.67 bits per heavy atom. The molecule has 4 rings (SSSR count). The van der Waals surface area contributed by atoms with Crippen LogP contribution < -0.4 is 9.64 Å². The second kappa shape index (κ2) is 5.49. The predicted octanol–water partition coefficient (Wildman–Crippen LogP) is 3.36. The molecule has 0 saturated heterocycles. The van der Waals surface area contributed by atoms with Gasteiger partial charge < -0.3 is 14.4 Å². The Morgan fingerprint density at radius 1 is 1.17 bits per heavy atom. The van der Waals surface area contributed by atoms with Crippen LogP contribution in [-0.4, -0.2) is 29.6 Å². The Morgan fingerprint density at radius 2 is 1.92 bits per heavy atom. The Labute approximate surface area is 138 Å². The minimum atomic E-state index is -0.356. The summed E-state index contributed by atoms with van der Waals surface area (Å²) in [6.45, 7) is 2.02. The maximum Gasteiger partial charge on any atom is 0.325 e. The second-order valence-corrected chi connectivity index (χ2v) is 5.58. The molecule has 0 amide bonds. The van der Waals surface area contributed by atoms with E-state index in [2.05, 4.69) is 9.97 Å². The molecule has 1 aliphatic rings. The first kappa shape index (κ1) is 14.4. The van der Waals surface area contributed by atoms with E-state index in [1.807, 2.05) is 49.4 Å². The van der Waals surface area contributed by atoms with Crippen molar-refractivity contribution in [2.24, 2.45) is 0 Å². The first-order valence-corrected chi connectivity index (χ1v) is 7.55. The topological polar surface area (TPSA) is 64.5 Å². The number of para-hydroxylation sites is 2. The molecule has 0 N–H and O–H groups in total. The molecule has 2 heterocycles. The number of hydrogen-bond acceptors (Lipinski definition) is 6. The van der Waals surface area contributed by atoms with Crippen molar-refractivity contribution >= 4 is 28.5 Å². The molecular weight excluding hydrogens is 306 g/mol. The van der Waals surface area contributed by atoms with Gasteiger partial charge in [-0.25, -0.2) is 9.97 Å². The molecule has 1 aromatic heterocycles. The van der Waals surface area contributed by atoms with Crippen molar-refractivity contribution in [2.75, 3.05) is 18.6 Å². The highest BCUT2D eigenvalue weighted by atomic mass is 16.5. The summed E-state index contributed by atoms with van der Waals surface area (Å²) >= 11 is 0.